The predicted molar refractivity (Wildman–Crippen MR) is 102 cm³/mol. The van der Waals surface area contributed by atoms with E-state index in [9.17, 15) is 4.79 Å². The highest BCUT2D eigenvalue weighted by Gasteiger charge is 2.20. The average Bonchev–Trinajstić information content (AvgIpc) is 3.29. The van der Waals surface area contributed by atoms with Gasteiger partial charge in [-0.2, -0.15) is 0 Å². The Kier molecular flexibility index (Phi) is 11.8. The highest BCUT2D eigenvalue weighted by Crippen LogP contribution is 2.27. The van der Waals surface area contributed by atoms with Gasteiger partial charge in [0.25, 0.3) is 0 Å². The lowest BCUT2D eigenvalue weighted by Crippen LogP contribution is -2.34. The number of nitrogens with one attached hydrogen (secondary N) is 2. The van der Waals surface area contributed by atoms with Crippen molar-refractivity contribution in [3.05, 3.63) is 29.8 Å². The molecule has 7 heteroatoms. The molecule has 1 aromatic rings. The molecular formula is C17H29Cl2N3O2. The number of likely N-dealkylation sites (N-methyl/N-ethyl adjacent to an activating group) is 1. The molecule has 0 radical (unpaired) electrons. The minimum Gasteiger partial charge on any atom is -0.492 e. The summed E-state index contributed by atoms with van der Waals surface area (Å²) in [6, 6.07) is 7.88. The molecule has 1 aliphatic rings. The lowest BCUT2D eigenvalue weighted by molar-refractivity contribution is -0.120. The van der Waals surface area contributed by atoms with E-state index in [2.05, 4.69) is 15.5 Å². The van der Waals surface area contributed by atoms with Crippen LogP contribution in [0.25, 0.3) is 0 Å². The van der Waals surface area contributed by atoms with Crippen LogP contribution in [0.1, 0.15) is 18.4 Å². The van der Waals surface area contributed by atoms with E-state index in [4.69, 9.17) is 4.74 Å². The summed E-state index contributed by atoms with van der Waals surface area (Å²) in [6.45, 7) is 3.44. The molecule has 0 atom stereocenters. The normalized spacial score (nSPS) is 13.0. The summed E-state index contributed by atoms with van der Waals surface area (Å²) in [5.74, 6) is 1.68. The maximum absolute atomic E-state index is 11.7. The van der Waals surface area contributed by atoms with E-state index in [1.165, 1.54) is 12.8 Å². The van der Waals surface area contributed by atoms with E-state index >= 15 is 0 Å². The van der Waals surface area contributed by atoms with Crippen LogP contribution in [0.15, 0.2) is 24.3 Å². The minimum atomic E-state index is 0. The van der Waals surface area contributed by atoms with E-state index in [0.29, 0.717) is 19.7 Å². The Balaban J connectivity index is 0.00000264. The van der Waals surface area contributed by atoms with E-state index in [1.54, 1.807) is 0 Å². The topological polar surface area (TPSA) is 53.6 Å². The van der Waals surface area contributed by atoms with Crippen molar-refractivity contribution in [1.29, 1.82) is 0 Å². The Morgan fingerprint density at radius 1 is 1.29 bits per heavy atom. The third-order valence-electron chi connectivity index (χ3n) is 3.61. The van der Waals surface area contributed by atoms with Crippen LogP contribution in [0.5, 0.6) is 5.75 Å². The number of amides is 1. The molecule has 1 aliphatic carbocycles. The van der Waals surface area contributed by atoms with Gasteiger partial charge in [-0.1, -0.05) is 12.1 Å². The van der Waals surface area contributed by atoms with Crippen LogP contribution in [0.2, 0.25) is 0 Å². The fraction of sp³-hybridized carbons (Fsp3) is 0.588. The molecule has 0 aromatic heterocycles. The van der Waals surface area contributed by atoms with Crippen LogP contribution in [0.3, 0.4) is 0 Å². The maximum atomic E-state index is 11.7. The van der Waals surface area contributed by atoms with Gasteiger partial charge in [0, 0.05) is 13.1 Å². The summed E-state index contributed by atoms with van der Waals surface area (Å²) in [5, 5.41) is 6.12. The molecule has 24 heavy (non-hydrogen) atoms. The molecule has 0 spiro atoms. The number of nitrogens with zero attached hydrogens (tertiary/aromatic N) is 1. The number of hydrogen-bond donors (Lipinski definition) is 2. The molecule has 2 rings (SSSR count). The smallest absolute Gasteiger partial charge is 0.234 e. The summed E-state index contributed by atoms with van der Waals surface area (Å²) >= 11 is 0. The molecular weight excluding hydrogens is 349 g/mol. The van der Waals surface area contributed by atoms with Gasteiger partial charge in [0.05, 0.1) is 6.54 Å². The molecule has 0 aliphatic heterocycles. The fourth-order valence-corrected chi connectivity index (χ4v) is 2.07. The summed E-state index contributed by atoms with van der Waals surface area (Å²) in [5.41, 5.74) is 1.05. The van der Waals surface area contributed by atoms with Gasteiger partial charge in [0.2, 0.25) is 5.91 Å². The Hall–Kier alpha value is -1.01. The minimum absolute atomic E-state index is 0. The van der Waals surface area contributed by atoms with Gasteiger partial charge >= 0.3 is 0 Å². The van der Waals surface area contributed by atoms with Crippen molar-refractivity contribution in [3.8, 4) is 5.75 Å². The van der Waals surface area contributed by atoms with Gasteiger partial charge in [-0.05, 0) is 57.1 Å². The molecule has 0 unspecified atom stereocenters. The van der Waals surface area contributed by atoms with Crippen LogP contribution in [0, 0.1) is 5.92 Å². The zero-order valence-corrected chi connectivity index (χ0v) is 16.0. The number of ether oxygens (including phenoxy) is 1. The van der Waals surface area contributed by atoms with Crippen molar-refractivity contribution < 1.29 is 9.53 Å². The second-order valence-corrected chi connectivity index (χ2v) is 6.15. The molecule has 0 saturated heterocycles. The van der Waals surface area contributed by atoms with Crippen LogP contribution < -0.4 is 15.4 Å². The predicted octanol–water partition coefficient (Wildman–Crippen LogP) is 2.09. The first kappa shape index (κ1) is 23.0. The van der Waals surface area contributed by atoms with Gasteiger partial charge in [-0.3, -0.25) is 4.79 Å². The lowest BCUT2D eigenvalue weighted by Gasteiger charge is -2.12. The number of carbonyl (C=O) groups is 1. The van der Waals surface area contributed by atoms with Crippen LogP contribution in [-0.4, -0.2) is 51.1 Å². The zero-order valence-electron chi connectivity index (χ0n) is 14.4. The van der Waals surface area contributed by atoms with Crippen molar-refractivity contribution in [1.82, 2.24) is 15.5 Å². The quantitative estimate of drug-likeness (QED) is 0.655. The summed E-state index contributed by atoms with van der Waals surface area (Å²) in [6.07, 6.45) is 2.60. The van der Waals surface area contributed by atoms with Crippen LogP contribution >= 0.6 is 24.8 Å². The molecule has 5 nitrogen and oxygen atoms in total. The van der Waals surface area contributed by atoms with Crippen molar-refractivity contribution in [2.45, 2.75) is 19.4 Å². The number of rotatable bonds is 10. The number of carbonyl (C=O) groups excluding carboxylic acids is 1. The van der Waals surface area contributed by atoms with Gasteiger partial charge in [-0.15, -0.1) is 24.8 Å². The average molecular weight is 378 g/mol. The number of benzene rings is 1. The molecule has 2 N–H and O–H groups in total. The van der Waals surface area contributed by atoms with Gasteiger partial charge < -0.3 is 20.3 Å². The highest BCUT2D eigenvalue weighted by molar-refractivity contribution is 5.85. The Morgan fingerprint density at radius 3 is 2.71 bits per heavy atom. The van der Waals surface area contributed by atoms with Crippen molar-refractivity contribution in [3.63, 3.8) is 0 Å². The van der Waals surface area contributed by atoms with Gasteiger partial charge in [0.15, 0.2) is 0 Å². The van der Waals surface area contributed by atoms with Gasteiger partial charge in [0.1, 0.15) is 12.4 Å². The first-order valence-corrected chi connectivity index (χ1v) is 7.97. The summed E-state index contributed by atoms with van der Waals surface area (Å²) in [7, 11) is 4.04. The SMILES string of the molecule is CN(C)CCOc1cccc(CNC(=O)CNCC2CC2)c1.Cl.Cl. The third-order valence-corrected chi connectivity index (χ3v) is 3.61. The second-order valence-electron chi connectivity index (χ2n) is 6.15. The monoisotopic (exact) mass is 377 g/mol. The molecule has 1 saturated carbocycles. The van der Waals surface area contributed by atoms with Crippen LogP contribution in [0.4, 0.5) is 0 Å². The molecule has 1 amide bonds. The Morgan fingerprint density at radius 2 is 2.04 bits per heavy atom. The van der Waals surface area contributed by atoms with E-state index in [0.717, 1.165) is 30.3 Å². The Bertz CT molecular complexity index is 483. The Labute approximate surface area is 157 Å². The molecule has 0 bridgehead atoms. The van der Waals surface area contributed by atoms with E-state index in [1.807, 2.05) is 38.4 Å². The number of hydrogen-bond acceptors (Lipinski definition) is 4. The molecule has 1 aromatic carbocycles. The summed E-state index contributed by atoms with van der Waals surface area (Å²) in [4.78, 5) is 13.8. The maximum Gasteiger partial charge on any atom is 0.234 e. The first-order chi connectivity index (χ1) is 10.6. The lowest BCUT2D eigenvalue weighted by atomic mass is 10.2. The van der Waals surface area contributed by atoms with Gasteiger partial charge in [-0.25, -0.2) is 0 Å². The number of halogens is 2. The molecule has 0 heterocycles. The van der Waals surface area contributed by atoms with Crippen molar-refractivity contribution in [2.24, 2.45) is 5.92 Å². The van der Waals surface area contributed by atoms with Crippen molar-refractivity contribution in [2.75, 3.05) is 40.3 Å². The third kappa shape index (κ3) is 9.98. The van der Waals surface area contributed by atoms with Crippen LogP contribution in [-0.2, 0) is 11.3 Å². The first-order valence-electron chi connectivity index (χ1n) is 7.97. The van der Waals surface area contributed by atoms with E-state index in [-0.39, 0.29) is 30.7 Å². The van der Waals surface area contributed by atoms with Crippen molar-refractivity contribution >= 4 is 30.7 Å². The molecule has 138 valence electrons. The highest BCUT2D eigenvalue weighted by atomic mass is 35.5. The fourth-order valence-electron chi connectivity index (χ4n) is 2.07. The second kappa shape index (κ2) is 12.4. The van der Waals surface area contributed by atoms with E-state index < -0.39 is 0 Å². The summed E-state index contributed by atoms with van der Waals surface area (Å²) < 4.78 is 5.70. The zero-order chi connectivity index (χ0) is 15.8. The largest absolute Gasteiger partial charge is 0.492 e. The standard InChI is InChI=1S/C17H27N3O2.2ClH/c1-20(2)8-9-22-16-5-3-4-15(10-16)12-19-17(21)13-18-11-14-6-7-14;;/h3-5,10,14,18H,6-9,11-13H2,1-2H3,(H,19,21);2*1H. The molecule has 1 fully saturated rings.